The summed E-state index contributed by atoms with van der Waals surface area (Å²) < 4.78 is 54.8. The van der Waals surface area contributed by atoms with Gasteiger partial charge in [0, 0.05) is 24.6 Å². The summed E-state index contributed by atoms with van der Waals surface area (Å²) in [5.74, 6) is -1.94. The van der Waals surface area contributed by atoms with Crippen molar-refractivity contribution < 1.29 is 41.8 Å². The molecule has 3 amide bonds. The number of halogens is 3. The minimum atomic E-state index is -5.05. The molecule has 0 bridgehead atoms. The number of carbonyl (C=O) groups is 3. The van der Waals surface area contributed by atoms with Crippen LogP contribution in [0, 0.1) is 0 Å². The molecule has 3 N–H and O–H groups in total. The second kappa shape index (κ2) is 13.2. The fourth-order valence-corrected chi connectivity index (χ4v) is 2.85. The van der Waals surface area contributed by atoms with Gasteiger partial charge in [-0.05, 0) is 72.2 Å². The van der Waals surface area contributed by atoms with E-state index in [0.29, 0.717) is 17.9 Å². The Bertz CT molecular complexity index is 1270. The average molecular weight is 571 g/mol. The van der Waals surface area contributed by atoms with Crippen molar-refractivity contribution in [1.82, 2.24) is 14.9 Å². The number of alkyl halides is 3. The van der Waals surface area contributed by atoms with Gasteiger partial charge in [0.1, 0.15) is 17.0 Å². The highest BCUT2D eigenvalue weighted by molar-refractivity contribution is 6.06. The molecule has 0 atom stereocenters. The van der Waals surface area contributed by atoms with Crippen molar-refractivity contribution in [3.05, 3.63) is 42.3 Å². The zero-order valence-corrected chi connectivity index (χ0v) is 23.0. The Morgan fingerprint density at radius 3 is 2.17 bits per heavy atom. The highest BCUT2D eigenvalue weighted by atomic mass is 19.4. The van der Waals surface area contributed by atoms with Crippen LogP contribution in [-0.2, 0) is 20.8 Å². The number of aryl methyl sites for hydroxylation is 1. The zero-order chi connectivity index (χ0) is 30.1. The number of alkyl carbamates (subject to hydrolysis) is 1. The molecule has 0 unspecified atom stereocenters. The number of nitrogens with one attached hydrogen (secondary N) is 3. The molecule has 0 aliphatic heterocycles. The number of ether oxygens (including phenoxy) is 3. The molecule has 0 radical (unpaired) electrons. The third-order valence-corrected chi connectivity index (χ3v) is 4.33. The van der Waals surface area contributed by atoms with Crippen LogP contribution in [0.1, 0.15) is 48.0 Å². The van der Waals surface area contributed by atoms with Crippen LogP contribution in [0.2, 0.25) is 0 Å². The number of carbonyl (C=O) groups excluding carboxylic acids is 3. The molecule has 0 fully saturated rings. The predicted molar refractivity (Wildman–Crippen MR) is 139 cm³/mol. The third-order valence-electron chi connectivity index (χ3n) is 4.33. The summed E-state index contributed by atoms with van der Waals surface area (Å²) in [6.45, 7) is 10.5. The maximum Gasteiger partial charge on any atom is 0.473 e. The second-order valence-corrected chi connectivity index (χ2v) is 10.3. The first-order valence-corrected chi connectivity index (χ1v) is 12.1. The van der Waals surface area contributed by atoms with E-state index in [1.807, 2.05) is 0 Å². The number of amides is 3. The van der Waals surface area contributed by atoms with Crippen LogP contribution in [0.25, 0.3) is 0 Å². The molecule has 220 valence electrons. The van der Waals surface area contributed by atoms with Crippen LogP contribution < -0.4 is 21.0 Å². The van der Waals surface area contributed by atoms with E-state index in [0.717, 1.165) is 0 Å². The predicted octanol–water partition coefficient (Wildman–Crippen LogP) is 4.50. The SMILES string of the molecule is CC(C)(C)OC(=O)/N=C(/NC(=O)OC(C)(C)C)Nc1ccc(OCCCn2cc[nH]/c2=N\C(=O)C(F)(F)F)cc1. The van der Waals surface area contributed by atoms with Crippen LogP contribution in [0.5, 0.6) is 5.75 Å². The molecule has 0 saturated heterocycles. The van der Waals surface area contributed by atoms with Crippen molar-refractivity contribution >= 4 is 29.7 Å². The number of nitrogens with zero attached hydrogens (tertiary/aromatic N) is 3. The number of rotatable bonds is 6. The Kier molecular flexibility index (Phi) is 10.5. The lowest BCUT2D eigenvalue weighted by Gasteiger charge is -2.21. The first-order valence-electron chi connectivity index (χ1n) is 12.1. The first-order chi connectivity index (χ1) is 18.4. The van der Waals surface area contributed by atoms with E-state index in [4.69, 9.17) is 14.2 Å². The average Bonchev–Trinajstić information content (AvgIpc) is 3.21. The summed E-state index contributed by atoms with van der Waals surface area (Å²) in [6.07, 6.45) is -3.58. The molecule has 1 heterocycles. The molecule has 40 heavy (non-hydrogen) atoms. The molecule has 1 aromatic carbocycles. The smallest absolute Gasteiger partial charge is 0.473 e. The van der Waals surface area contributed by atoms with Gasteiger partial charge >= 0.3 is 24.3 Å². The zero-order valence-electron chi connectivity index (χ0n) is 23.0. The van der Waals surface area contributed by atoms with Crippen LogP contribution >= 0.6 is 0 Å². The number of aliphatic imine (C=N–C) groups is 1. The first kappa shape index (κ1) is 31.9. The lowest BCUT2D eigenvalue weighted by atomic mass is 10.2. The number of H-pyrrole nitrogens is 1. The normalized spacial score (nSPS) is 13.0. The summed E-state index contributed by atoms with van der Waals surface area (Å²) in [5, 5.41) is 5.20. The maximum atomic E-state index is 12.5. The van der Waals surface area contributed by atoms with E-state index in [9.17, 15) is 27.6 Å². The van der Waals surface area contributed by atoms with Crippen molar-refractivity contribution in [3.8, 4) is 5.75 Å². The Hall–Kier alpha value is -4.30. The third kappa shape index (κ3) is 12.0. The minimum Gasteiger partial charge on any atom is -0.494 e. The van der Waals surface area contributed by atoms with Gasteiger partial charge < -0.3 is 29.1 Å². The number of guanidine groups is 1. The van der Waals surface area contributed by atoms with Gasteiger partial charge in [0.25, 0.3) is 0 Å². The Morgan fingerprint density at radius 2 is 1.60 bits per heavy atom. The largest absolute Gasteiger partial charge is 0.494 e. The highest BCUT2D eigenvalue weighted by Gasteiger charge is 2.38. The van der Waals surface area contributed by atoms with Gasteiger partial charge in [-0.25, -0.2) is 9.59 Å². The molecular weight excluding hydrogens is 537 g/mol. The van der Waals surface area contributed by atoms with E-state index in [1.165, 1.54) is 17.0 Å². The fourth-order valence-electron chi connectivity index (χ4n) is 2.85. The molecule has 0 aliphatic carbocycles. The van der Waals surface area contributed by atoms with Gasteiger partial charge in [0.2, 0.25) is 11.6 Å². The van der Waals surface area contributed by atoms with Crippen molar-refractivity contribution in [2.45, 2.75) is 71.9 Å². The van der Waals surface area contributed by atoms with E-state index in [2.05, 4.69) is 25.6 Å². The van der Waals surface area contributed by atoms with Crippen molar-refractivity contribution in [2.75, 3.05) is 11.9 Å². The summed E-state index contributed by atoms with van der Waals surface area (Å²) in [5.41, 5.74) is -1.35. The number of benzene rings is 1. The summed E-state index contributed by atoms with van der Waals surface area (Å²) in [7, 11) is 0. The Labute approximate surface area is 228 Å². The number of aromatic nitrogens is 2. The highest BCUT2D eigenvalue weighted by Crippen LogP contribution is 2.17. The standard InChI is InChI=1S/C25H33F3N6O6/c1-23(2,3)39-21(36)32-19(33-22(37)40-24(4,5)6)30-16-8-10-17(11-9-16)38-15-7-13-34-14-12-29-20(34)31-18(35)25(26,27)28/h8-12,14H,7,13,15H2,1-6H3,(H,29,31,35)(H2,30,32,33,36,37). The number of imidazole rings is 1. The van der Waals surface area contributed by atoms with Gasteiger partial charge in [0.05, 0.1) is 6.61 Å². The quantitative estimate of drug-likeness (QED) is 0.263. The van der Waals surface area contributed by atoms with Gasteiger partial charge in [-0.1, -0.05) is 0 Å². The van der Waals surface area contributed by atoms with Gasteiger partial charge in [-0.15, -0.1) is 4.99 Å². The van der Waals surface area contributed by atoms with E-state index < -0.39 is 35.5 Å². The van der Waals surface area contributed by atoms with Crippen LogP contribution in [-0.4, -0.2) is 57.6 Å². The van der Waals surface area contributed by atoms with E-state index in [1.54, 1.807) is 65.8 Å². The number of anilines is 1. The lowest BCUT2D eigenvalue weighted by molar-refractivity contribution is -0.169. The maximum absolute atomic E-state index is 12.5. The van der Waals surface area contributed by atoms with Crippen LogP contribution in [0.15, 0.2) is 46.6 Å². The molecule has 2 rings (SSSR count). The monoisotopic (exact) mass is 570 g/mol. The Balaban J connectivity index is 1.99. The minimum absolute atomic E-state index is 0.211. The number of aromatic amines is 1. The van der Waals surface area contributed by atoms with Crippen molar-refractivity contribution in [1.29, 1.82) is 0 Å². The van der Waals surface area contributed by atoms with Crippen molar-refractivity contribution in [2.24, 2.45) is 9.98 Å². The lowest BCUT2D eigenvalue weighted by Crippen LogP contribution is -2.40. The second-order valence-electron chi connectivity index (χ2n) is 10.3. The summed E-state index contributed by atoms with van der Waals surface area (Å²) in [6, 6.07) is 6.45. The number of hydrogen-bond acceptors (Lipinski definition) is 6. The molecule has 2 aromatic rings. The topological polar surface area (TPSA) is 148 Å². The molecule has 0 aliphatic rings. The fraction of sp³-hybridized carbons (Fsp3) is 0.480. The van der Waals surface area contributed by atoms with E-state index >= 15 is 0 Å². The number of hydrogen-bond donors (Lipinski definition) is 3. The molecule has 0 saturated carbocycles. The van der Waals surface area contributed by atoms with Crippen molar-refractivity contribution in [3.63, 3.8) is 0 Å². The van der Waals surface area contributed by atoms with Gasteiger partial charge in [0.15, 0.2) is 0 Å². The summed E-state index contributed by atoms with van der Waals surface area (Å²) >= 11 is 0. The van der Waals surface area contributed by atoms with E-state index in [-0.39, 0.29) is 24.7 Å². The van der Waals surface area contributed by atoms with Gasteiger partial charge in [-0.3, -0.25) is 10.1 Å². The van der Waals surface area contributed by atoms with Gasteiger partial charge in [-0.2, -0.15) is 18.2 Å². The molecule has 1 aromatic heterocycles. The molecular formula is C25H33F3N6O6. The van der Waals surface area contributed by atoms with Crippen LogP contribution in [0.3, 0.4) is 0 Å². The molecule has 15 heteroatoms. The van der Waals surface area contributed by atoms with Crippen LogP contribution in [0.4, 0.5) is 28.4 Å². The molecule has 12 nitrogen and oxygen atoms in total. The summed E-state index contributed by atoms with van der Waals surface area (Å²) in [4.78, 5) is 44.8. The molecule has 0 spiro atoms. The Morgan fingerprint density at radius 1 is 0.975 bits per heavy atom.